The highest BCUT2D eigenvalue weighted by atomic mass is 16.5. The maximum Gasteiger partial charge on any atom is 0.305 e. The van der Waals surface area contributed by atoms with Gasteiger partial charge in [0.2, 0.25) is 0 Å². The van der Waals surface area contributed by atoms with E-state index >= 15 is 0 Å². The first kappa shape index (κ1) is 37.7. The minimum Gasteiger partial charge on any atom is -0.469 e. The van der Waals surface area contributed by atoms with Crippen LogP contribution in [0.15, 0.2) is 12.2 Å². The van der Waals surface area contributed by atoms with Gasteiger partial charge in [-0.3, -0.25) is 9.59 Å². The first-order valence-corrected chi connectivity index (χ1v) is 17.1. The largest absolute Gasteiger partial charge is 0.469 e. The Morgan fingerprint density at radius 2 is 0.821 bits per heavy atom. The molecular formula is C35H66O4. The van der Waals surface area contributed by atoms with Gasteiger partial charge in [0.05, 0.1) is 13.7 Å². The lowest BCUT2D eigenvalue weighted by molar-refractivity contribution is -0.144. The number of ether oxygens (including phenoxy) is 2. The quantitative estimate of drug-likeness (QED) is 0.0489. The number of allylic oxidation sites excluding steroid dienone is 2. The topological polar surface area (TPSA) is 52.6 Å². The molecule has 0 atom stereocenters. The van der Waals surface area contributed by atoms with Gasteiger partial charge in [-0.25, -0.2) is 0 Å². The number of hydrogen-bond donors (Lipinski definition) is 0. The van der Waals surface area contributed by atoms with Gasteiger partial charge < -0.3 is 9.47 Å². The lowest BCUT2D eigenvalue weighted by Gasteiger charge is -2.05. The second kappa shape index (κ2) is 32.9. The minimum atomic E-state index is -0.0833. The van der Waals surface area contributed by atoms with E-state index in [-0.39, 0.29) is 11.9 Å². The summed E-state index contributed by atoms with van der Waals surface area (Å²) < 4.78 is 10.1. The van der Waals surface area contributed by atoms with E-state index in [0.717, 1.165) is 32.1 Å². The van der Waals surface area contributed by atoms with Gasteiger partial charge >= 0.3 is 11.9 Å². The summed E-state index contributed by atoms with van der Waals surface area (Å²) in [7, 11) is 1.46. The van der Waals surface area contributed by atoms with E-state index in [4.69, 9.17) is 4.74 Å². The fraction of sp³-hybridized carbons (Fsp3) is 0.886. The fourth-order valence-corrected chi connectivity index (χ4v) is 5.02. The van der Waals surface area contributed by atoms with Crippen LogP contribution in [0.3, 0.4) is 0 Å². The molecule has 0 heterocycles. The molecular weight excluding hydrogens is 484 g/mol. The van der Waals surface area contributed by atoms with Crippen LogP contribution in [0.2, 0.25) is 0 Å². The van der Waals surface area contributed by atoms with Gasteiger partial charge in [0.25, 0.3) is 0 Å². The standard InChI is InChI=1S/C35H66O4/c1-3-4-5-6-7-8-9-10-11-13-17-20-23-26-29-32-35(37)39-33-30-27-24-21-18-15-12-14-16-19-22-25-28-31-34(36)38-2/h10-11H,3-9,12-33H2,1-2H3. The fourth-order valence-electron chi connectivity index (χ4n) is 5.02. The van der Waals surface area contributed by atoms with Crippen molar-refractivity contribution >= 4 is 11.9 Å². The molecule has 0 aromatic heterocycles. The smallest absolute Gasteiger partial charge is 0.305 e. The van der Waals surface area contributed by atoms with Crippen LogP contribution in [-0.2, 0) is 19.1 Å². The summed E-state index contributed by atoms with van der Waals surface area (Å²) in [6.07, 6.45) is 38.6. The summed E-state index contributed by atoms with van der Waals surface area (Å²) in [5.74, 6) is -0.0869. The van der Waals surface area contributed by atoms with E-state index in [1.165, 1.54) is 142 Å². The maximum atomic E-state index is 11.9. The molecule has 0 spiro atoms. The SMILES string of the molecule is CCCCCCCCC=CCCCCCCCC(=O)OCCCCCCCCCCCCCCCC(=O)OC. The normalized spacial score (nSPS) is 11.3. The van der Waals surface area contributed by atoms with Crippen LogP contribution < -0.4 is 0 Å². The number of hydrogen-bond acceptors (Lipinski definition) is 4. The predicted octanol–water partition coefficient (Wildman–Crippen LogP) is 11.2. The molecule has 0 bridgehead atoms. The molecule has 39 heavy (non-hydrogen) atoms. The van der Waals surface area contributed by atoms with Crippen LogP contribution in [0.25, 0.3) is 0 Å². The molecule has 0 saturated carbocycles. The maximum absolute atomic E-state index is 11.9. The van der Waals surface area contributed by atoms with Crippen molar-refractivity contribution in [3.8, 4) is 0 Å². The highest BCUT2D eigenvalue weighted by molar-refractivity contribution is 5.69. The van der Waals surface area contributed by atoms with E-state index in [1.54, 1.807) is 0 Å². The zero-order valence-electron chi connectivity index (χ0n) is 26.3. The van der Waals surface area contributed by atoms with Crippen molar-refractivity contribution in [1.82, 2.24) is 0 Å². The first-order valence-electron chi connectivity index (χ1n) is 17.1. The molecule has 0 unspecified atom stereocenters. The van der Waals surface area contributed by atoms with E-state index in [1.807, 2.05) is 0 Å². The van der Waals surface area contributed by atoms with Crippen LogP contribution >= 0.6 is 0 Å². The molecule has 230 valence electrons. The zero-order chi connectivity index (χ0) is 28.5. The summed E-state index contributed by atoms with van der Waals surface area (Å²) in [5.41, 5.74) is 0. The monoisotopic (exact) mass is 550 g/mol. The Morgan fingerprint density at radius 1 is 0.462 bits per heavy atom. The number of carbonyl (C=O) groups excluding carboxylic acids is 2. The molecule has 0 radical (unpaired) electrons. The number of unbranched alkanes of at least 4 members (excludes halogenated alkanes) is 23. The zero-order valence-corrected chi connectivity index (χ0v) is 26.3. The van der Waals surface area contributed by atoms with Crippen LogP contribution in [-0.4, -0.2) is 25.7 Å². The summed E-state index contributed by atoms with van der Waals surface area (Å²) in [5, 5.41) is 0. The van der Waals surface area contributed by atoms with Gasteiger partial charge in [0, 0.05) is 12.8 Å². The van der Waals surface area contributed by atoms with E-state index in [9.17, 15) is 9.59 Å². The number of rotatable bonds is 31. The molecule has 0 fully saturated rings. The van der Waals surface area contributed by atoms with Crippen molar-refractivity contribution in [2.75, 3.05) is 13.7 Å². The highest BCUT2D eigenvalue weighted by Crippen LogP contribution is 2.14. The summed E-state index contributed by atoms with van der Waals surface area (Å²) in [6, 6.07) is 0. The molecule has 4 heteroatoms. The van der Waals surface area contributed by atoms with Crippen LogP contribution in [0.1, 0.15) is 187 Å². The Balaban J connectivity index is 3.20. The molecule has 0 aromatic rings. The molecule has 0 aliphatic rings. The average Bonchev–Trinajstić information content (AvgIpc) is 2.94. The lowest BCUT2D eigenvalue weighted by Crippen LogP contribution is -2.05. The van der Waals surface area contributed by atoms with Crippen LogP contribution in [0, 0.1) is 0 Å². The van der Waals surface area contributed by atoms with Gasteiger partial charge in [-0.15, -0.1) is 0 Å². The van der Waals surface area contributed by atoms with Crippen molar-refractivity contribution in [1.29, 1.82) is 0 Å². The third-order valence-corrected chi connectivity index (χ3v) is 7.66. The predicted molar refractivity (Wildman–Crippen MR) is 167 cm³/mol. The summed E-state index contributed by atoms with van der Waals surface area (Å²) in [4.78, 5) is 22.9. The van der Waals surface area contributed by atoms with Gasteiger partial charge in [-0.2, -0.15) is 0 Å². The molecule has 0 rings (SSSR count). The third-order valence-electron chi connectivity index (χ3n) is 7.66. The number of methoxy groups -OCH3 is 1. The Morgan fingerprint density at radius 3 is 1.26 bits per heavy atom. The summed E-state index contributed by atoms with van der Waals surface area (Å²) >= 11 is 0. The van der Waals surface area contributed by atoms with Gasteiger partial charge in [-0.05, 0) is 44.9 Å². The Hall–Kier alpha value is -1.32. The highest BCUT2D eigenvalue weighted by Gasteiger charge is 2.03. The second-order valence-corrected chi connectivity index (χ2v) is 11.5. The number of esters is 2. The van der Waals surface area contributed by atoms with Crippen LogP contribution in [0.5, 0.6) is 0 Å². The van der Waals surface area contributed by atoms with Crippen LogP contribution in [0.4, 0.5) is 0 Å². The van der Waals surface area contributed by atoms with E-state index < -0.39 is 0 Å². The summed E-state index contributed by atoms with van der Waals surface area (Å²) in [6.45, 7) is 2.87. The van der Waals surface area contributed by atoms with E-state index in [0.29, 0.717) is 19.4 Å². The molecule has 0 aliphatic heterocycles. The van der Waals surface area contributed by atoms with Crippen molar-refractivity contribution in [2.45, 2.75) is 187 Å². The van der Waals surface area contributed by atoms with Gasteiger partial charge in [0.1, 0.15) is 0 Å². The Bertz CT molecular complexity index is 543. The number of carbonyl (C=O) groups is 2. The van der Waals surface area contributed by atoms with Gasteiger partial charge in [-0.1, -0.05) is 141 Å². The van der Waals surface area contributed by atoms with Crippen molar-refractivity contribution in [3.05, 3.63) is 12.2 Å². The van der Waals surface area contributed by atoms with E-state index in [2.05, 4.69) is 23.8 Å². The Labute approximate surface area is 243 Å². The average molecular weight is 551 g/mol. The molecule has 0 saturated heterocycles. The van der Waals surface area contributed by atoms with Gasteiger partial charge in [0.15, 0.2) is 0 Å². The second-order valence-electron chi connectivity index (χ2n) is 11.5. The first-order chi connectivity index (χ1) is 19.2. The minimum absolute atomic E-state index is 0.00362. The molecule has 0 amide bonds. The lowest BCUT2D eigenvalue weighted by atomic mass is 10.0. The molecule has 0 aliphatic carbocycles. The molecule has 4 nitrogen and oxygen atoms in total. The molecule has 0 N–H and O–H groups in total. The van der Waals surface area contributed by atoms with Crippen molar-refractivity contribution in [2.24, 2.45) is 0 Å². The van der Waals surface area contributed by atoms with Crippen molar-refractivity contribution in [3.63, 3.8) is 0 Å². The van der Waals surface area contributed by atoms with Crippen molar-refractivity contribution < 1.29 is 19.1 Å². The third kappa shape index (κ3) is 32.8. The molecule has 0 aromatic carbocycles. The Kier molecular flexibility index (Phi) is 31.8.